The fourth-order valence-electron chi connectivity index (χ4n) is 4.11. The molecule has 3 aliphatic heterocycles. The summed E-state index contributed by atoms with van der Waals surface area (Å²) in [6.45, 7) is 9.38. The van der Waals surface area contributed by atoms with Gasteiger partial charge in [0.15, 0.2) is 0 Å². The van der Waals surface area contributed by atoms with Gasteiger partial charge in [0, 0.05) is 38.6 Å². The molecule has 3 aliphatic rings. The lowest BCUT2D eigenvalue weighted by Crippen LogP contribution is -2.59. The van der Waals surface area contributed by atoms with Crippen LogP contribution in [-0.4, -0.2) is 78.1 Å². The third-order valence-corrected chi connectivity index (χ3v) is 6.04. The van der Waals surface area contributed by atoms with Gasteiger partial charge in [-0.2, -0.15) is 0 Å². The zero-order valence-corrected chi connectivity index (χ0v) is 15.1. The molecule has 0 saturated carbocycles. The van der Waals surface area contributed by atoms with E-state index in [-0.39, 0.29) is 23.4 Å². The van der Waals surface area contributed by atoms with Gasteiger partial charge in [0.25, 0.3) is 0 Å². The van der Waals surface area contributed by atoms with E-state index in [0.29, 0.717) is 32.8 Å². The maximum absolute atomic E-state index is 13.0. The lowest BCUT2D eigenvalue weighted by Gasteiger charge is -2.46. The summed E-state index contributed by atoms with van der Waals surface area (Å²) in [6.07, 6.45) is 4.72. The van der Waals surface area contributed by atoms with Crippen molar-refractivity contribution in [2.24, 2.45) is 5.92 Å². The minimum absolute atomic E-state index is 0.0524. The van der Waals surface area contributed by atoms with Crippen LogP contribution >= 0.6 is 0 Å². The fourth-order valence-corrected chi connectivity index (χ4v) is 4.11. The molecule has 0 bridgehead atoms. The van der Waals surface area contributed by atoms with E-state index in [1.165, 1.54) is 0 Å². The van der Waals surface area contributed by atoms with Gasteiger partial charge in [-0.15, -0.1) is 0 Å². The largest absolute Gasteiger partial charge is 0.377 e. The maximum atomic E-state index is 13.0. The Morgan fingerprint density at radius 3 is 2.29 bits per heavy atom. The van der Waals surface area contributed by atoms with Crippen molar-refractivity contribution >= 4 is 11.9 Å². The van der Waals surface area contributed by atoms with Crippen molar-refractivity contribution in [3.8, 4) is 0 Å². The number of morpholine rings is 1. The van der Waals surface area contributed by atoms with E-state index in [0.717, 1.165) is 45.2 Å². The molecule has 0 aromatic carbocycles. The van der Waals surface area contributed by atoms with Crippen LogP contribution in [-0.2, 0) is 9.53 Å². The molecule has 0 aromatic heterocycles. The average Bonchev–Trinajstić information content (AvgIpc) is 3.16. The van der Waals surface area contributed by atoms with Crippen LogP contribution in [0.15, 0.2) is 0 Å². The van der Waals surface area contributed by atoms with E-state index >= 15 is 0 Å². The number of hydrogen-bond donors (Lipinski definition) is 0. The second-order valence-electron chi connectivity index (χ2n) is 7.63. The van der Waals surface area contributed by atoms with Crippen LogP contribution in [0.4, 0.5) is 4.79 Å². The highest BCUT2D eigenvalue weighted by atomic mass is 16.5. The number of urea groups is 1. The molecule has 1 atom stereocenters. The van der Waals surface area contributed by atoms with Gasteiger partial charge < -0.3 is 19.4 Å². The summed E-state index contributed by atoms with van der Waals surface area (Å²) >= 11 is 0. The van der Waals surface area contributed by atoms with Crippen LogP contribution in [0.2, 0.25) is 0 Å². The topological polar surface area (TPSA) is 53.1 Å². The molecule has 3 rings (SSSR count). The highest BCUT2D eigenvalue weighted by molar-refractivity contribution is 5.80. The van der Waals surface area contributed by atoms with Crippen molar-refractivity contribution in [3.63, 3.8) is 0 Å². The predicted molar refractivity (Wildman–Crippen MR) is 91.7 cm³/mol. The van der Waals surface area contributed by atoms with Gasteiger partial charge in [0.1, 0.15) is 0 Å². The van der Waals surface area contributed by atoms with Crippen LogP contribution < -0.4 is 0 Å². The summed E-state index contributed by atoms with van der Waals surface area (Å²) in [6, 6.07) is 0.170. The number of carbonyl (C=O) groups excluding carboxylic acids is 2. The molecule has 24 heavy (non-hydrogen) atoms. The molecule has 3 saturated heterocycles. The molecule has 0 unspecified atom stereocenters. The van der Waals surface area contributed by atoms with Crippen LogP contribution in [0.1, 0.15) is 46.0 Å². The Morgan fingerprint density at radius 1 is 1.04 bits per heavy atom. The monoisotopic (exact) mass is 337 g/mol. The van der Waals surface area contributed by atoms with E-state index < -0.39 is 0 Å². The highest BCUT2D eigenvalue weighted by Crippen LogP contribution is 2.29. The number of carbonyl (C=O) groups is 2. The molecular weight excluding hydrogens is 306 g/mol. The summed E-state index contributed by atoms with van der Waals surface area (Å²) in [5.74, 6) is 0.313. The van der Waals surface area contributed by atoms with Gasteiger partial charge in [0.05, 0.1) is 18.8 Å². The number of nitrogens with zero attached hydrogens (tertiary/aromatic N) is 3. The van der Waals surface area contributed by atoms with Crippen molar-refractivity contribution in [2.45, 2.75) is 51.5 Å². The Balaban J connectivity index is 1.55. The molecule has 0 aliphatic carbocycles. The van der Waals surface area contributed by atoms with E-state index in [1.807, 2.05) is 14.7 Å². The first-order valence-corrected chi connectivity index (χ1v) is 9.48. The Labute approximate surface area is 145 Å². The van der Waals surface area contributed by atoms with Gasteiger partial charge in [-0.25, -0.2) is 4.79 Å². The van der Waals surface area contributed by atoms with Crippen LogP contribution in [0.3, 0.4) is 0 Å². The fraction of sp³-hybridized carbons (Fsp3) is 0.889. The van der Waals surface area contributed by atoms with Gasteiger partial charge >= 0.3 is 6.03 Å². The number of amides is 3. The lowest BCUT2D eigenvalue weighted by molar-refractivity contribution is -0.154. The van der Waals surface area contributed by atoms with Gasteiger partial charge in [-0.1, -0.05) is 6.92 Å². The lowest BCUT2D eigenvalue weighted by atomic mass is 9.90. The molecule has 3 fully saturated rings. The zero-order chi connectivity index (χ0) is 17.2. The number of piperidine rings is 1. The first-order valence-electron chi connectivity index (χ1n) is 9.48. The van der Waals surface area contributed by atoms with Crippen molar-refractivity contribution < 1.29 is 14.3 Å². The minimum atomic E-state index is -0.183. The zero-order valence-electron chi connectivity index (χ0n) is 15.1. The number of rotatable bonds is 2. The van der Waals surface area contributed by atoms with E-state index in [4.69, 9.17) is 4.74 Å². The summed E-state index contributed by atoms with van der Waals surface area (Å²) in [4.78, 5) is 31.4. The standard InChI is InChI=1S/C18H31N3O3/c1-3-18(2)14-24-13-12-21(18)16(22)15-6-10-20(11-7-15)17(23)19-8-4-5-9-19/h15H,3-14H2,1-2H3/t18-/m0/s1. The van der Waals surface area contributed by atoms with E-state index in [9.17, 15) is 9.59 Å². The Morgan fingerprint density at radius 2 is 1.67 bits per heavy atom. The quantitative estimate of drug-likeness (QED) is 0.774. The van der Waals surface area contributed by atoms with Crippen molar-refractivity contribution in [2.75, 3.05) is 45.9 Å². The van der Waals surface area contributed by atoms with Gasteiger partial charge in [-0.05, 0) is 39.0 Å². The van der Waals surface area contributed by atoms with E-state index in [1.54, 1.807) is 0 Å². The molecule has 0 aromatic rings. The maximum Gasteiger partial charge on any atom is 0.319 e. The number of hydrogen-bond acceptors (Lipinski definition) is 3. The number of ether oxygens (including phenoxy) is 1. The first kappa shape index (κ1) is 17.5. The first-order chi connectivity index (χ1) is 11.5. The van der Waals surface area contributed by atoms with E-state index in [2.05, 4.69) is 13.8 Å². The molecule has 0 spiro atoms. The van der Waals surface area contributed by atoms with Crippen LogP contribution in [0.25, 0.3) is 0 Å². The second-order valence-corrected chi connectivity index (χ2v) is 7.63. The SMILES string of the molecule is CC[C@@]1(C)COCCN1C(=O)C1CCN(C(=O)N2CCCC2)CC1. The molecule has 6 nitrogen and oxygen atoms in total. The molecule has 0 radical (unpaired) electrons. The molecule has 3 amide bonds. The third-order valence-electron chi connectivity index (χ3n) is 6.04. The smallest absolute Gasteiger partial charge is 0.319 e. The average molecular weight is 337 g/mol. The van der Waals surface area contributed by atoms with Crippen molar-refractivity contribution in [1.29, 1.82) is 0 Å². The Kier molecular flexibility index (Phi) is 5.33. The molecule has 0 N–H and O–H groups in total. The second kappa shape index (κ2) is 7.30. The molecular formula is C18H31N3O3. The summed E-state index contributed by atoms with van der Waals surface area (Å²) in [5.41, 5.74) is -0.183. The van der Waals surface area contributed by atoms with Crippen LogP contribution in [0, 0.1) is 5.92 Å². The van der Waals surface area contributed by atoms with Gasteiger partial charge in [0.2, 0.25) is 5.91 Å². The van der Waals surface area contributed by atoms with Crippen LogP contribution in [0.5, 0.6) is 0 Å². The molecule has 6 heteroatoms. The van der Waals surface area contributed by atoms with Crippen molar-refractivity contribution in [1.82, 2.24) is 14.7 Å². The normalized spacial score (nSPS) is 29.2. The van der Waals surface area contributed by atoms with Gasteiger partial charge in [-0.3, -0.25) is 4.79 Å². The Hall–Kier alpha value is -1.30. The summed E-state index contributed by atoms with van der Waals surface area (Å²) in [7, 11) is 0. The van der Waals surface area contributed by atoms with Crippen molar-refractivity contribution in [3.05, 3.63) is 0 Å². The number of likely N-dealkylation sites (tertiary alicyclic amines) is 2. The summed E-state index contributed by atoms with van der Waals surface area (Å²) in [5, 5.41) is 0. The molecule has 3 heterocycles. The molecule has 136 valence electrons. The third kappa shape index (κ3) is 3.39. The predicted octanol–water partition coefficient (Wildman–Crippen LogP) is 1.94. The minimum Gasteiger partial charge on any atom is -0.377 e. The Bertz CT molecular complexity index is 470. The highest BCUT2D eigenvalue weighted by Gasteiger charge is 2.40. The summed E-state index contributed by atoms with van der Waals surface area (Å²) < 4.78 is 5.60.